The molecule has 7 heteroatoms. The van der Waals surface area contributed by atoms with Crippen LogP contribution in [0.2, 0.25) is 0 Å². The number of hydrogen-bond donors (Lipinski definition) is 0. The maximum absolute atomic E-state index is 13.2. The molecule has 3 aromatic rings. The second kappa shape index (κ2) is 8.99. The molecular formula is C24H27N5O2. The molecule has 1 atom stereocenters. The van der Waals surface area contributed by atoms with Gasteiger partial charge in [-0.05, 0) is 25.0 Å². The lowest BCUT2D eigenvalue weighted by atomic mass is 10.2. The van der Waals surface area contributed by atoms with Gasteiger partial charge in [-0.2, -0.15) is 0 Å². The number of ether oxygens (including phenoxy) is 1. The van der Waals surface area contributed by atoms with Gasteiger partial charge in [0.05, 0.1) is 11.8 Å². The van der Waals surface area contributed by atoms with Crippen molar-refractivity contribution in [2.24, 2.45) is 0 Å². The third kappa shape index (κ3) is 4.38. The number of amides is 1. The number of carbonyl (C=O) groups is 1. The van der Waals surface area contributed by atoms with Gasteiger partial charge in [0.25, 0.3) is 5.91 Å². The summed E-state index contributed by atoms with van der Waals surface area (Å²) in [5.74, 6) is 0.811. The molecule has 0 saturated carbocycles. The molecule has 3 heterocycles. The molecule has 2 aromatic carbocycles. The summed E-state index contributed by atoms with van der Waals surface area (Å²) in [5, 5.41) is 4.61. The summed E-state index contributed by atoms with van der Waals surface area (Å²) in [5.41, 5.74) is 1.81. The molecule has 5 rings (SSSR count). The van der Waals surface area contributed by atoms with Crippen LogP contribution < -0.4 is 0 Å². The topological polar surface area (TPSA) is 63.5 Å². The van der Waals surface area contributed by atoms with Gasteiger partial charge in [-0.25, -0.2) is 9.67 Å². The van der Waals surface area contributed by atoms with Gasteiger partial charge in [-0.1, -0.05) is 48.5 Å². The highest BCUT2D eigenvalue weighted by Gasteiger charge is 2.28. The number of hydrogen-bond acceptors (Lipinski definition) is 5. The lowest BCUT2D eigenvalue weighted by Crippen LogP contribution is -2.50. The fourth-order valence-electron chi connectivity index (χ4n) is 4.28. The Hall–Kier alpha value is -3.03. The Bertz CT molecular complexity index is 950. The van der Waals surface area contributed by atoms with Crippen molar-refractivity contribution < 1.29 is 9.53 Å². The molecule has 1 aromatic heterocycles. The summed E-state index contributed by atoms with van der Waals surface area (Å²) in [6.45, 7) is 4.93. The highest BCUT2D eigenvalue weighted by molar-refractivity contribution is 5.91. The Kier molecular flexibility index (Phi) is 5.78. The van der Waals surface area contributed by atoms with Crippen LogP contribution in [0.1, 0.15) is 23.5 Å². The minimum atomic E-state index is -0.108. The van der Waals surface area contributed by atoms with Crippen LogP contribution in [-0.2, 0) is 4.74 Å². The summed E-state index contributed by atoms with van der Waals surface area (Å²) < 4.78 is 7.51. The average Bonchev–Trinajstić information content (AvgIpc) is 3.51. The fraction of sp³-hybridized carbons (Fsp3) is 0.375. The molecular weight excluding hydrogens is 390 g/mol. The molecule has 0 radical (unpaired) electrons. The smallest absolute Gasteiger partial charge is 0.293 e. The van der Waals surface area contributed by atoms with Crippen molar-refractivity contribution in [2.75, 3.05) is 39.3 Å². The number of para-hydroxylation sites is 1. The molecule has 2 aliphatic rings. The van der Waals surface area contributed by atoms with E-state index in [1.165, 1.54) is 0 Å². The molecule has 0 bridgehead atoms. The molecule has 0 spiro atoms. The van der Waals surface area contributed by atoms with Gasteiger partial charge in [0.15, 0.2) is 5.82 Å². The van der Waals surface area contributed by atoms with Crippen LogP contribution in [0.4, 0.5) is 0 Å². The van der Waals surface area contributed by atoms with Crippen LogP contribution in [0.25, 0.3) is 17.1 Å². The molecule has 1 unspecified atom stereocenters. The standard InChI is InChI=1S/C24H27N5O2/c30-24(28-15-13-27(14-16-28)18-21-12-7-17-31-21)22-25-23(19-8-3-1-4-9-19)29(26-22)20-10-5-2-6-11-20/h1-6,8-11,21H,7,12-18H2. The van der Waals surface area contributed by atoms with E-state index >= 15 is 0 Å². The average molecular weight is 418 g/mol. The van der Waals surface area contributed by atoms with Gasteiger partial charge in [0.1, 0.15) is 0 Å². The third-order valence-electron chi connectivity index (χ3n) is 5.98. The highest BCUT2D eigenvalue weighted by atomic mass is 16.5. The summed E-state index contributed by atoms with van der Waals surface area (Å²) in [4.78, 5) is 22.1. The lowest BCUT2D eigenvalue weighted by Gasteiger charge is -2.35. The number of aromatic nitrogens is 3. The maximum atomic E-state index is 13.2. The first-order chi connectivity index (χ1) is 15.3. The van der Waals surface area contributed by atoms with E-state index < -0.39 is 0 Å². The Balaban J connectivity index is 1.34. The molecule has 1 amide bonds. The van der Waals surface area contributed by atoms with E-state index in [2.05, 4.69) is 15.0 Å². The van der Waals surface area contributed by atoms with Crippen LogP contribution >= 0.6 is 0 Å². The summed E-state index contributed by atoms with van der Waals surface area (Å²) >= 11 is 0. The molecule has 2 saturated heterocycles. The molecule has 0 aliphatic carbocycles. The number of nitrogens with zero attached hydrogens (tertiary/aromatic N) is 5. The van der Waals surface area contributed by atoms with Crippen LogP contribution in [0, 0.1) is 0 Å². The van der Waals surface area contributed by atoms with Crippen molar-refractivity contribution >= 4 is 5.91 Å². The van der Waals surface area contributed by atoms with Gasteiger partial charge in [0.2, 0.25) is 5.82 Å². The summed E-state index contributed by atoms with van der Waals surface area (Å²) in [7, 11) is 0. The van der Waals surface area contributed by atoms with Crippen LogP contribution in [0.3, 0.4) is 0 Å². The van der Waals surface area contributed by atoms with Crippen molar-refractivity contribution in [2.45, 2.75) is 18.9 Å². The van der Waals surface area contributed by atoms with Crippen LogP contribution in [0.5, 0.6) is 0 Å². The summed E-state index contributed by atoms with van der Waals surface area (Å²) in [6, 6.07) is 19.7. The van der Waals surface area contributed by atoms with Gasteiger partial charge in [-0.15, -0.1) is 5.10 Å². The van der Waals surface area contributed by atoms with Gasteiger partial charge < -0.3 is 9.64 Å². The zero-order chi connectivity index (χ0) is 21.0. The largest absolute Gasteiger partial charge is 0.377 e. The van der Waals surface area contributed by atoms with E-state index in [-0.39, 0.29) is 11.7 Å². The first-order valence-corrected chi connectivity index (χ1v) is 11.0. The first-order valence-electron chi connectivity index (χ1n) is 11.0. The van der Waals surface area contributed by atoms with Crippen molar-refractivity contribution in [3.05, 3.63) is 66.5 Å². The molecule has 31 heavy (non-hydrogen) atoms. The van der Waals surface area contributed by atoms with Crippen molar-refractivity contribution in [3.8, 4) is 17.1 Å². The second-order valence-corrected chi connectivity index (χ2v) is 8.10. The minimum Gasteiger partial charge on any atom is -0.377 e. The predicted octanol–water partition coefficient (Wildman–Crippen LogP) is 2.87. The van der Waals surface area contributed by atoms with Gasteiger partial charge >= 0.3 is 0 Å². The molecule has 2 fully saturated rings. The number of carbonyl (C=O) groups excluding carboxylic acids is 1. The number of piperazine rings is 1. The quantitative estimate of drug-likeness (QED) is 0.639. The monoisotopic (exact) mass is 417 g/mol. The highest BCUT2D eigenvalue weighted by Crippen LogP contribution is 2.22. The zero-order valence-corrected chi connectivity index (χ0v) is 17.6. The van der Waals surface area contributed by atoms with E-state index in [1.807, 2.05) is 65.6 Å². The minimum absolute atomic E-state index is 0.108. The van der Waals surface area contributed by atoms with Crippen LogP contribution in [0.15, 0.2) is 60.7 Å². The van der Waals surface area contributed by atoms with E-state index in [4.69, 9.17) is 4.74 Å². The molecule has 0 N–H and O–H groups in total. The SMILES string of the molecule is O=C(c1nc(-c2ccccc2)n(-c2ccccc2)n1)N1CCN(CC2CCCO2)CC1. The zero-order valence-electron chi connectivity index (χ0n) is 17.6. The van der Waals surface area contributed by atoms with Gasteiger partial charge in [0, 0.05) is 44.9 Å². The first kappa shape index (κ1) is 19.9. The molecule has 160 valence electrons. The van der Waals surface area contributed by atoms with Gasteiger partial charge in [-0.3, -0.25) is 9.69 Å². The van der Waals surface area contributed by atoms with Crippen molar-refractivity contribution in [1.82, 2.24) is 24.6 Å². The predicted molar refractivity (Wildman–Crippen MR) is 118 cm³/mol. The van der Waals surface area contributed by atoms with E-state index in [9.17, 15) is 4.79 Å². The number of benzene rings is 2. The normalized spacial score (nSPS) is 19.6. The lowest BCUT2D eigenvalue weighted by molar-refractivity contribution is 0.0426. The Morgan fingerprint density at radius 1 is 0.968 bits per heavy atom. The Morgan fingerprint density at radius 3 is 2.35 bits per heavy atom. The van der Waals surface area contributed by atoms with E-state index in [1.54, 1.807) is 4.68 Å². The molecule has 2 aliphatic heterocycles. The van der Waals surface area contributed by atoms with Crippen LogP contribution in [-0.4, -0.2) is 75.9 Å². The second-order valence-electron chi connectivity index (χ2n) is 8.10. The third-order valence-corrected chi connectivity index (χ3v) is 5.98. The summed E-state index contributed by atoms with van der Waals surface area (Å²) in [6.07, 6.45) is 2.64. The Labute approximate surface area is 182 Å². The number of rotatable bonds is 5. The van der Waals surface area contributed by atoms with E-state index in [0.717, 1.165) is 50.3 Å². The van der Waals surface area contributed by atoms with Crippen molar-refractivity contribution in [3.63, 3.8) is 0 Å². The maximum Gasteiger partial charge on any atom is 0.293 e. The van der Waals surface area contributed by atoms with E-state index in [0.29, 0.717) is 25.0 Å². The fourth-order valence-corrected chi connectivity index (χ4v) is 4.28. The Morgan fingerprint density at radius 2 is 1.68 bits per heavy atom. The molecule has 7 nitrogen and oxygen atoms in total. The van der Waals surface area contributed by atoms with Crippen molar-refractivity contribution in [1.29, 1.82) is 0 Å².